The Kier molecular flexibility index (Phi) is 8.13. The fourth-order valence-electron chi connectivity index (χ4n) is 4.66. The van der Waals surface area contributed by atoms with E-state index in [9.17, 15) is 0 Å². The predicted molar refractivity (Wildman–Crippen MR) is 138 cm³/mol. The molecule has 1 aliphatic heterocycles. The summed E-state index contributed by atoms with van der Waals surface area (Å²) in [6.45, 7) is 12.8. The smallest absolute Gasteiger partial charge is 0.403 e. The van der Waals surface area contributed by atoms with Crippen LogP contribution in [0.3, 0.4) is 0 Å². The normalized spacial score (nSPS) is 19.6. The zero-order chi connectivity index (χ0) is 23.4. The first-order valence-corrected chi connectivity index (χ1v) is 14.0. The Morgan fingerprint density at radius 2 is 1.28 bits per heavy atom. The van der Waals surface area contributed by atoms with Gasteiger partial charge in [-0.1, -0.05) is 107 Å². The summed E-state index contributed by atoms with van der Waals surface area (Å²) >= 11 is 0. The van der Waals surface area contributed by atoms with Crippen LogP contribution in [0.5, 0.6) is 0 Å². The molecule has 1 aliphatic rings. The summed E-state index contributed by atoms with van der Waals surface area (Å²) < 4.78 is 28.1. The fourth-order valence-corrected chi connectivity index (χ4v) is 7.96. The maximum atomic E-state index is 15.0. The van der Waals surface area contributed by atoms with Gasteiger partial charge in [-0.25, -0.2) is 0 Å². The van der Waals surface area contributed by atoms with Crippen LogP contribution >= 0.6 is 7.14 Å². The van der Waals surface area contributed by atoms with Gasteiger partial charge in [-0.05, 0) is 27.7 Å². The summed E-state index contributed by atoms with van der Waals surface area (Å²) in [5, 5.41) is 1.82. The highest BCUT2D eigenvalue weighted by atomic mass is 31.2. The van der Waals surface area contributed by atoms with Gasteiger partial charge in [0, 0.05) is 22.1 Å². The number of benzene rings is 2. The first-order chi connectivity index (χ1) is 15.1. The first-order valence-electron chi connectivity index (χ1n) is 12.2. The van der Waals surface area contributed by atoms with E-state index in [4.69, 9.17) is 9.31 Å². The molecule has 0 saturated carbocycles. The zero-order valence-corrected chi connectivity index (χ0v) is 21.6. The number of unbranched alkanes of at least 4 members (excludes halogenated alkanes) is 3. The molecule has 2 atom stereocenters. The molecule has 2 aromatic carbocycles. The minimum atomic E-state index is -2.92. The van der Waals surface area contributed by atoms with E-state index in [-0.39, 0.29) is 18.6 Å². The Morgan fingerprint density at radius 3 is 1.72 bits per heavy atom. The van der Waals surface area contributed by atoms with Crippen molar-refractivity contribution in [2.45, 2.75) is 96.3 Å². The minimum absolute atomic E-state index is 0.0409. The molecule has 0 radical (unpaired) electrons. The van der Waals surface area contributed by atoms with Crippen molar-refractivity contribution >= 4 is 24.9 Å². The van der Waals surface area contributed by atoms with Crippen molar-refractivity contribution < 1.29 is 13.9 Å². The molecular formula is C27H40BO3P. The molecule has 1 unspecified atom stereocenters. The van der Waals surface area contributed by atoms with Gasteiger partial charge >= 0.3 is 7.12 Å². The number of hydrogen-bond donors (Lipinski definition) is 0. The van der Waals surface area contributed by atoms with Gasteiger partial charge < -0.3 is 13.9 Å². The van der Waals surface area contributed by atoms with E-state index in [0.29, 0.717) is 0 Å². The highest BCUT2D eigenvalue weighted by molar-refractivity contribution is 7.79. The third-order valence-electron chi connectivity index (χ3n) is 7.48. The van der Waals surface area contributed by atoms with E-state index < -0.39 is 18.3 Å². The molecule has 5 heteroatoms. The molecule has 0 amide bonds. The quantitative estimate of drug-likeness (QED) is 0.224. The van der Waals surface area contributed by atoms with Crippen LogP contribution in [-0.2, 0) is 13.9 Å². The summed E-state index contributed by atoms with van der Waals surface area (Å²) in [7, 11) is -3.29. The largest absolute Gasteiger partial charge is 0.461 e. The second-order valence-corrected chi connectivity index (χ2v) is 13.4. The van der Waals surface area contributed by atoms with Crippen LogP contribution in [0.1, 0.15) is 73.6 Å². The van der Waals surface area contributed by atoms with Gasteiger partial charge in [-0.3, -0.25) is 0 Å². The molecule has 0 aliphatic carbocycles. The Hall–Kier alpha value is -1.35. The third kappa shape index (κ3) is 5.08. The van der Waals surface area contributed by atoms with Gasteiger partial charge in [0.05, 0.1) is 11.2 Å². The van der Waals surface area contributed by atoms with Gasteiger partial charge in [0.2, 0.25) is 0 Å². The lowest BCUT2D eigenvalue weighted by atomic mass is 9.67. The monoisotopic (exact) mass is 454 g/mol. The summed E-state index contributed by atoms with van der Waals surface area (Å²) in [6.07, 6.45) is 5.64. The second-order valence-electron chi connectivity index (χ2n) is 10.2. The number of hydrogen-bond acceptors (Lipinski definition) is 3. The third-order valence-corrected chi connectivity index (χ3v) is 11.1. The first kappa shape index (κ1) is 25.3. The standard InChI is InChI=1S/C27H40BO3P/c1-7-8-9-16-21-25(28-30-26(3,4)27(5,6)31-28)22(2)32(29,23-17-12-10-13-18-23)24-19-14-11-15-20-24/h10-15,17-20,22,25H,7-9,16,21H2,1-6H3/t22?,25-/m1/s1. The maximum Gasteiger partial charge on any atom is 0.461 e. The lowest BCUT2D eigenvalue weighted by Gasteiger charge is -2.33. The molecule has 0 bridgehead atoms. The Morgan fingerprint density at radius 1 is 0.812 bits per heavy atom. The van der Waals surface area contributed by atoms with E-state index in [1.165, 1.54) is 19.3 Å². The van der Waals surface area contributed by atoms with Crippen molar-refractivity contribution in [3.05, 3.63) is 60.7 Å². The molecule has 3 nitrogen and oxygen atoms in total. The zero-order valence-electron chi connectivity index (χ0n) is 20.7. The van der Waals surface area contributed by atoms with Crippen LogP contribution in [0.15, 0.2) is 60.7 Å². The van der Waals surface area contributed by atoms with Crippen LogP contribution in [0.4, 0.5) is 0 Å². The average Bonchev–Trinajstić information content (AvgIpc) is 3.00. The SMILES string of the molecule is CCCCCC[C@@H](B1OC(C)(C)C(C)(C)O1)C(C)P(=O)(c1ccccc1)c1ccccc1. The molecule has 1 fully saturated rings. The van der Waals surface area contributed by atoms with Gasteiger partial charge in [-0.15, -0.1) is 0 Å². The van der Waals surface area contributed by atoms with E-state index in [0.717, 1.165) is 23.5 Å². The van der Waals surface area contributed by atoms with Crippen molar-refractivity contribution in [3.63, 3.8) is 0 Å². The minimum Gasteiger partial charge on any atom is -0.403 e. The van der Waals surface area contributed by atoms with E-state index in [1.54, 1.807) is 0 Å². The van der Waals surface area contributed by atoms with Gasteiger partial charge in [0.15, 0.2) is 0 Å². The maximum absolute atomic E-state index is 15.0. The molecule has 0 aromatic heterocycles. The second kappa shape index (κ2) is 10.3. The average molecular weight is 454 g/mol. The van der Waals surface area contributed by atoms with Crippen LogP contribution in [0, 0.1) is 0 Å². The van der Waals surface area contributed by atoms with Crippen molar-refractivity contribution in [2.24, 2.45) is 0 Å². The van der Waals surface area contributed by atoms with Crippen molar-refractivity contribution in [2.75, 3.05) is 0 Å². The predicted octanol–water partition coefficient (Wildman–Crippen LogP) is 6.82. The highest BCUT2D eigenvalue weighted by Crippen LogP contribution is 2.56. The van der Waals surface area contributed by atoms with E-state index in [1.807, 2.05) is 60.7 Å². The molecular weight excluding hydrogens is 414 g/mol. The van der Waals surface area contributed by atoms with Crippen LogP contribution in [0.25, 0.3) is 0 Å². The lowest BCUT2D eigenvalue weighted by molar-refractivity contribution is 0.00578. The molecule has 1 saturated heterocycles. The topological polar surface area (TPSA) is 35.5 Å². The van der Waals surface area contributed by atoms with E-state index >= 15 is 4.57 Å². The van der Waals surface area contributed by atoms with Crippen molar-refractivity contribution in [1.82, 2.24) is 0 Å². The lowest BCUT2D eigenvalue weighted by Crippen LogP contribution is -2.41. The molecule has 0 spiro atoms. The van der Waals surface area contributed by atoms with Gasteiger partial charge in [0.1, 0.15) is 7.14 Å². The van der Waals surface area contributed by atoms with Crippen molar-refractivity contribution in [3.8, 4) is 0 Å². The number of rotatable bonds is 10. The van der Waals surface area contributed by atoms with Crippen LogP contribution < -0.4 is 10.6 Å². The summed E-state index contributed by atoms with van der Waals surface area (Å²) in [5.74, 6) is 0.0409. The van der Waals surface area contributed by atoms with Crippen LogP contribution in [0.2, 0.25) is 5.82 Å². The molecule has 3 rings (SSSR count). The fraction of sp³-hybridized carbons (Fsp3) is 0.556. The molecule has 32 heavy (non-hydrogen) atoms. The summed E-state index contributed by atoms with van der Waals surface area (Å²) in [4.78, 5) is 0. The van der Waals surface area contributed by atoms with Crippen molar-refractivity contribution in [1.29, 1.82) is 0 Å². The van der Waals surface area contributed by atoms with Gasteiger partial charge in [-0.2, -0.15) is 0 Å². The molecule has 2 aromatic rings. The van der Waals surface area contributed by atoms with Crippen LogP contribution in [-0.4, -0.2) is 24.0 Å². The Labute approximate surface area is 195 Å². The summed E-state index contributed by atoms with van der Waals surface area (Å²) in [5.41, 5.74) is -0.908. The van der Waals surface area contributed by atoms with E-state index in [2.05, 4.69) is 41.5 Å². The molecule has 174 valence electrons. The summed E-state index contributed by atoms with van der Waals surface area (Å²) in [6, 6.07) is 20.0. The van der Waals surface area contributed by atoms with Gasteiger partial charge in [0.25, 0.3) is 0 Å². The molecule has 0 N–H and O–H groups in total. The Bertz CT molecular complexity index is 838. The molecule has 1 heterocycles. The Balaban J connectivity index is 2.02. The highest BCUT2D eigenvalue weighted by Gasteiger charge is 2.56.